The highest BCUT2D eigenvalue weighted by Gasteiger charge is 2.55. The molecule has 0 radical (unpaired) electrons. The summed E-state index contributed by atoms with van der Waals surface area (Å²) in [5.74, 6) is 0.610. The van der Waals surface area contributed by atoms with Crippen molar-refractivity contribution in [2.75, 3.05) is 6.61 Å². The number of nitrogens with zero attached hydrogens (tertiary/aromatic N) is 2. The van der Waals surface area contributed by atoms with Gasteiger partial charge in [0.15, 0.2) is 0 Å². The van der Waals surface area contributed by atoms with Gasteiger partial charge in [0, 0.05) is 6.54 Å². The zero-order chi connectivity index (χ0) is 21.2. The molecular weight excluding hydrogens is 392 g/mol. The van der Waals surface area contributed by atoms with Crippen molar-refractivity contribution >= 4 is 18.1 Å². The van der Waals surface area contributed by atoms with Crippen molar-refractivity contribution in [3.05, 3.63) is 102 Å². The maximum atomic E-state index is 13.3. The lowest BCUT2D eigenvalue weighted by Crippen LogP contribution is -2.69. The van der Waals surface area contributed by atoms with Crippen LogP contribution in [-0.4, -0.2) is 40.5 Å². The number of rotatable bonds is 6. The Hall–Kier alpha value is -3.80. The molecule has 0 bridgehead atoms. The molecular formula is C25H22N2O4. The van der Waals surface area contributed by atoms with Gasteiger partial charge in [0.1, 0.15) is 18.4 Å². The number of hydrogen-bond donors (Lipinski definition) is 0. The van der Waals surface area contributed by atoms with E-state index in [1.807, 2.05) is 84.9 Å². The summed E-state index contributed by atoms with van der Waals surface area (Å²) >= 11 is 0. The van der Waals surface area contributed by atoms with Gasteiger partial charge in [-0.15, -0.1) is 0 Å². The van der Waals surface area contributed by atoms with E-state index in [0.29, 0.717) is 12.3 Å². The molecule has 31 heavy (non-hydrogen) atoms. The van der Waals surface area contributed by atoms with E-state index in [1.165, 1.54) is 0 Å². The number of benzene rings is 2. The Morgan fingerprint density at radius 1 is 0.935 bits per heavy atom. The van der Waals surface area contributed by atoms with Crippen molar-refractivity contribution in [1.82, 2.24) is 9.80 Å². The fourth-order valence-corrected chi connectivity index (χ4v) is 4.26. The molecule has 6 heteroatoms. The van der Waals surface area contributed by atoms with E-state index in [0.717, 1.165) is 11.1 Å². The van der Waals surface area contributed by atoms with Crippen LogP contribution in [0.1, 0.15) is 22.9 Å². The van der Waals surface area contributed by atoms with Gasteiger partial charge < -0.3 is 14.1 Å². The van der Waals surface area contributed by atoms with E-state index >= 15 is 0 Å². The van der Waals surface area contributed by atoms with Crippen molar-refractivity contribution in [3.8, 4) is 0 Å². The summed E-state index contributed by atoms with van der Waals surface area (Å²) in [5.41, 5.74) is 1.99. The number of amides is 2. The Labute approximate surface area is 180 Å². The molecule has 1 aromatic heterocycles. The standard InChI is InChI=1S/C25H22N2O4/c28-24-23(27-22(17-31-25(27)29)19-10-5-2-6-11-19)21(14-13-20-12-7-15-30-20)26(24)16-18-8-3-1-4-9-18/h1-15,21-23H,16-17H2/b14-13+/t21?,22-,23?/m0/s1. The molecule has 3 atom stereocenters. The van der Waals surface area contributed by atoms with E-state index < -0.39 is 12.1 Å². The summed E-state index contributed by atoms with van der Waals surface area (Å²) < 4.78 is 10.8. The molecule has 6 nitrogen and oxygen atoms in total. The van der Waals surface area contributed by atoms with Gasteiger partial charge in [-0.1, -0.05) is 66.7 Å². The van der Waals surface area contributed by atoms with Crippen LogP contribution in [0.5, 0.6) is 0 Å². The van der Waals surface area contributed by atoms with Gasteiger partial charge in [-0.2, -0.15) is 0 Å². The number of likely N-dealkylation sites (tertiary alicyclic amines) is 1. The van der Waals surface area contributed by atoms with Gasteiger partial charge in [-0.25, -0.2) is 4.79 Å². The third-order valence-electron chi connectivity index (χ3n) is 5.81. The van der Waals surface area contributed by atoms with E-state index in [4.69, 9.17) is 9.15 Å². The highest BCUT2D eigenvalue weighted by atomic mass is 16.6. The number of β-lactam (4-membered cyclic amide) rings is 1. The van der Waals surface area contributed by atoms with Crippen molar-refractivity contribution in [2.24, 2.45) is 0 Å². The quantitative estimate of drug-likeness (QED) is 0.565. The Morgan fingerprint density at radius 2 is 1.68 bits per heavy atom. The maximum absolute atomic E-state index is 13.3. The number of hydrogen-bond acceptors (Lipinski definition) is 4. The SMILES string of the molecule is O=C1C(N2C(=O)OC[C@H]2c2ccccc2)C(/C=C/c2ccco2)N1Cc1ccccc1. The number of furan rings is 1. The molecule has 0 aliphatic carbocycles. The highest BCUT2D eigenvalue weighted by Crippen LogP contribution is 2.37. The molecule has 3 heterocycles. The van der Waals surface area contributed by atoms with Gasteiger partial charge in [0.25, 0.3) is 0 Å². The lowest BCUT2D eigenvalue weighted by atomic mass is 9.90. The Bertz CT molecular complexity index is 1080. The molecule has 2 aliphatic heterocycles. The third kappa shape index (κ3) is 3.61. The predicted octanol–water partition coefficient (Wildman–Crippen LogP) is 4.27. The normalized spacial score (nSPS) is 23.3. The second-order valence-electron chi connectivity index (χ2n) is 7.67. The molecule has 2 aromatic carbocycles. The van der Waals surface area contributed by atoms with Crippen molar-refractivity contribution in [1.29, 1.82) is 0 Å². The fourth-order valence-electron chi connectivity index (χ4n) is 4.26. The average molecular weight is 414 g/mol. The van der Waals surface area contributed by atoms with Crippen LogP contribution < -0.4 is 0 Å². The lowest BCUT2D eigenvalue weighted by molar-refractivity contribution is -0.155. The minimum absolute atomic E-state index is 0.0854. The van der Waals surface area contributed by atoms with Crippen molar-refractivity contribution in [2.45, 2.75) is 24.7 Å². The minimum atomic E-state index is -0.616. The molecule has 2 unspecified atom stereocenters. The highest BCUT2D eigenvalue weighted by molar-refractivity contribution is 5.94. The molecule has 0 N–H and O–H groups in total. The summed E-state index contributed by atoms with van der Waals surface area (Å²) in [5, 5.41) is 0. The molecule has 0 spiro atoms. The summed E-state index contributed by atoms with van der Waals surface area (Å²) in [7, 11) is 0. The van der Waals surface area contributed by atoms with Crippen molar-refractivity contribution < 1.29 is 18.7 Å². The van der Waals surface area contributed by atoms with E-state index in [9.17, 15) is 9.59 Å². The number of carbonyl (C=O) groups is 2. The Balaban J connectivity index is 1.45. The summed E-state index contributed by atoms with van der Waals surface area (Å²) in [4.78, 5) is 29.3. The molecule has 156 valence electrons. The van der Waals surface area contributed by atoms with Crippen LogP contribution in [0.25, 0.3) is 6.08 Å². The monoisotopic (exact) mass is 414 g/mol. The van der Waals surface area contributed by atoms with Crippen LogP contribution in [0.4, 0.5) is 4.79 Å². The average Bonchev–Trinajstić information content (AvgIpc) is 3.46. The number of carbonyl (C=O) groups excluding carboxylic acids is 2. The molecule has 2 saturated heterocycles. The smallest absolute Gasteiger partial charge is 0.411 e. The van der Waals surface area contributed by atoms with Crippen LogP contribution in [0.2, 0.25) is 0 Å². The first-order chi connectivity index (χ1) is 15.2. The van der Waals surface area contributed by atoms with Crippen LogP contribution in [0.3, 0.4) is 0 Å². The first-order valence-electron chi connectivity index (χ1n) is 10.3. The van der Waals surface area contributed by atoms with Crippen LogP contribution in [0, 0.1) is 0 Å². The van der Waals surface area contributed by atoms with Gasteiger partial charge in [-0.05, 0) is 29.3 Å². The van der Waals surface area contributed by atoms with Crippen LogP contribution >= 0.6 is 0 Å². The van der Waals surface area contributed by atoms with Gasteiger partial charge in [0.05, 0.1) is 18.3 Å². The molecule has 2 fully saturated rings. The molecule has 0 saturated carbocycles. The molecule has 3 aromatic rings. The first kappa shape index (κ1) is 19.2. The summed E-state index contributed by atoms with van der Waals surface area (Å²) in [6, 6.07) is 22.0. The topological polar surface area (TPSA) is 63.0 Å². The molecule has 2 amide bonds. The maximum Gasteiger partial charge on any atom is 0.411 e. The fraction of sp³-hybridized carbons (Fsp3) is 0.200. The Morgan fingerprint density at radius 3 is 2.39 bits per heavy atom. The Kier molecular flexibility index (Phi) is 5.04. The number of ether oxygens (including phenoxy) is 1. The third-order valence-corrected chi connectivity index (χ3v) is 5.81. The van der Waals surface area contributed by atoms with Crippen LogP contribution in [-0.2, 0) is 16.1 Å². The van der Waals surface area contributed by atoms with Gasteiger partial charge in [0.2, 0.25) is 5.91 Å². The first-order valence-corrected chi connectivity index (χ1v) is 10.3. The summed E-state index contributed by atoms with van der Waals surface area (Å²) in [6.07, 6.45) is 4.93. The van der Waals surface area contributed by atoms with Gasteiger partial charge >= 0.3 is 6.09 Å². The second-order valence-corrected chi connectivity index (χ2v) is 7.67. The largest absolute Gasteiger partial charge is 0.465 e. The zero-order valence-electron chi connectivity index (χ0n) is 16.8. The predicted molar refractivity (Wildman–Crippen MR) is 115 cm³/mol. The molecule has 2 aliphatic rings. The van der Waals surface area contributed by atoms with E-state index in [1.54, 1.807) is 16.1 Å². The van der Waals surface area contributed by atoms with E-state index in [2.05, 4.69) is 0 Å². The lowest BCUT2D eigenvalue weighted by Gasteiger charge is -2.49. The zero-order valence-corrected chi connectivity index (χ0v) is 16.8. The minimum Gasteiger partial charge on any atom is -0.465 e. The second kappa shape index (κ2) is 8.14. The van der Waals surface area contributed by atoms with Crippen molar-refractivity contribution in [3.63, 3.8) is 0 Å². The van der Waals surface area contributed by atoms with Crippen LogP contribution in [0.15, 0.2) is 89.6 Å². The van der Waals surface area contributed by atoms with E-state index in [-0.39, 0.29) is 24.6 Å². The van der Waals surface area contributed by atoms with Gasteiger partial charge in [-0.3, -0.25) is 9.69 Å². The molecule has 5 rings (SSSR count). The number of cyclic esters (lactones) is 1. The summed E-state index contributed by atoms with van der Waals surface area (Å²) in [6.45, 7) is 0.710.